The minimum Gasteiger partial charge on any atom is -0.466 e. The summed E-state index contributed by atoms with van der Waals surface area (Å²) in [5.74, 6) is 0.373. The topological polar surface area (TPSA) is 52.6 Å². The molecule has 0 rings (SSSR count). The van der Waals surface area contributed by atoms with E-state index >= 15 is 0 Å². The highest BCUT2D eigenvalue weighted by Gasteiger charge is 2.10. The van der Waals surface area contributed by atoms with Gasteiger partial charge in [-0.15, -0.1) is 0 Å². The number of hydrogen-bond donors (Lipinski definition) is 0. The fourth-order valence-corrected chi connectivity index (χ4v) is 2.17. The van der Waals surface area contributed by atoms with E-state index in [9.17, 15) is 9.59 Å². The van der Waals surface area contributed by atoms with Gasteiger partial charge in [0.25, 0.3) is 0 Å². The molecule has 0 aromatic heterocycles. The molecule has 4 nitrogen and oxygen atoms in total. The first-order chi connectivity index (χ1) is 9.85. The quantitative estimate of drug-likeness (QED) is 0.453. The molecule has 122 valence electrons. The molecular weight excluding hydrogens is 268 g/mol. The Bertz CT molecular complexity index is 345. The zero-order valence-corrected chi connectivity index (χ0v) is 14.1. The van der Waals surface area contributed by atoms with Crippen molar-refractivity contribution in [3.05, 3.63) is 11.6 Å². The average molecular weight is 298 g/mol. The summed E-state index contributed by atoms with van der Waals surface area (Å²) < 4.78 is 9.90. The first-order valence-corrected chi connectivity index (χ1v) is 7.83. The number of rotatable bonds is 10. The summed E-state index contributed by atoms with van der Waals surface area (Å²) in [6.45, 7) is 11.1. The molecule has 0 amide bonds. The van der Waals surface area contributed by atoms with Gasteiger partial charge in [-0.25, -0.2) is 0 Å². The second-order valence-electron chi connectivity index (χ2n) is 5.88. The van der Waals surface area contributed by atoms with Gasteiger partial charge in [-0.2, -0.15) is 0 Å². The van der Waals surface area contributed by atoms with E-state index in [0.29, 0.717) is 25.0 Å². The van der Waals surface area contributed by atoms with Crippen molar-refractivity contribution in [3.63, 3.8) is 0 Å². The van der Waals surface area contributed by atoms with Crippen LogP contribution < -0.4 is 0 Å². The standard InChI is InChI=1S/C17H30O4/c1-6-20-16(18)7-8-17(19)21-10-9-14(4)12-15(5)11-13(2)3/h11,13-14H,6-10,12H2,1-5H3. The Balaban J connectivity index is 3.78. The van der Waals surface area contributed by atoms with E-state index < -0.39 is 0 Å². The summed E-state index contributed by atoms with van der Waals surface area (Å²) in [4.78, 5) is 22.6. The van der Waals surface area contributed by atoms with Gasteiger partial charge < -0.3 is 9.47 Å². The minimum atomic E-state index is -0.350. The van der Waals surface area contributed by atoms with Crippen LogP contribution in [-0.2, 0) is 19.1 Å². The van der Waals surface area contributed by atoms with Crippen molar-refractivity contribution in [2.24, 2.45) is 11.8 Å². The Morgan fingerprint density at radius 1 is 1.05 bits per heavy atom. The van der Waals surface area contributed by atoms with Gasteiger partial charge in [-0.1, -0.05) is 32.4 Å². The third-order valence-corrected chi connectivity index (χ3v) is 3.00. The zero-order chi connectivity index (χ0) is 16.3. The highest BCUT2D eigenvalue weighted by Crippen LogP contribution is 2.16. The molecule has 0 N–H and O–H groups in total. The number of carbonyl (C=O) groups is 2. The third-order valence-electron chi connectivity index (χ3n) is 3.00. The van der Waals surface area contributed by atoms with Crippen molar-refractivity contribution >= 4 is 11.9 Å². The lowest BCUT2D eigenvalue weighted by atomic mass is 9.97. The molecule has 4 heteroatoms. The van der Waals surface area contributed by atoms with Crippen LogP contribution in [0.3, 0.4) is 0 Å². The molecular formula is C17H30O4. The van der Waals surface area contributed by atoms with Crippen LogP contribution in [0.4, 0.5) is 0 Å². The van der Waals surface area contributed by atoms with E-state index in [1.165, 1.54) is 5.57 Å². The van der Waals surface area contributed by atoms with Crippen molar-refractivity contribution in [2.45, 2.75) is 60.3 Å². The molecule has 0 aliphatic heterocycles. The number of allylic oxidation sites excluding steroid dienone is 2. The second kappa shape index (κ2) is 11.4. The molecule has 0 heterocycles. The molecule has 0 bridgehead atoms. The van der Waals surface area contributed by atoms with Crippen LogP contribution in [0.15, 0.2) is 11.6 Å². The molecule has 0 aliphatic carbocycles. The molecule has 0 aromatic rings. The summed E-state index contributed by atoms with van der Waals surface area (Å²) in [7, 11) is 0. The Morgan fingerprint density at radius 2 is 1.62 bits per heavy atom. The molecule has 0 fully saturated rings. The van der Waals surface area contributed by atoms with Crippen molar-refractivity contribution in [3.8, 4) is 0 Å². The fraction of sp³-hybridized carbons (Fsp3) is 0.765. The molecule has 0 aromatic carbocycles. The molecule has 21 heavy (non-hydrogen) atoms. The number of carbonyl (C=O) groups excluding carboxylic acids is 2. The van der Waals surface area contributed by atoms with Gasteiger partial charge >= 0.3 is 11.9 Å². The first kappa shape index (κ1) is 19.7. The van der Waals surface area contributed by atoms with Crippen LogP contribution >= 0.6 is 0 Å². The molecule has 0 saturated carbocycles. The van der Waals surface area contributed by atoms with Crippen LogP contribution in [0.1, 0.15) is 60.3 Å². The van der Waals surface area contributed by atoms with Gasteiger partial charge in [0.1, 0.15) is 0 Å². The van der Waals surface area contributed by atoms with Gasteiger partial charge in [0, 0.05) is 0 Å². The predicted octanol–water partition coefficient (Wildman–Crippen LogP) is 3.89. The highest BCUT2D eigenvalue weighted by atomic mass is 16.5. The Kier molecular flexibility index (Phi) is 10.6. The lowest BCUT2D eigenvalue weighted by Crippen LogP contribution is -2.12. The molecule has 0 radical (unpaired) electrons. The molecule has 0 saturated heterocycles. The summed E-state index contributed by atoms with van der Waals surface area (Å²) in [5.41, 5.74) is 1.38. The van der Waals surface area contributed by atoms with E-state index in [0.717, 1.165) is 12.8 Å². The van der Waals surface area contributed by atoms with Crippen molar-refractivity contribution in [1.29, 1.82) is 0 Å². The maximum absolute atomic E-state index is 11.5. The Labute approximate surface area is 128 Å². The summed E-state index contributed by atoms with van der Waals surface area (Å²) in [6.07, 6.45) is 4.33. The van der Waals surface area contributed by atoms with Crippen LogP contribution in [0.25, 0.3) is 0 Å². The largest absolute Gasteiger partial charge is 0.466 e. The van der Waals surface area contributed by atoms with Gasteiger partial charge in [0.05, 0.1) is 26.1 Å². The average Bonchev–Trinajstić information content (AvgIpc) is 2.35. The highest BCUT2D eigenvalue weighted by molar-refractivity contribution is 5.77. The van der Waals surface area contributed by atoms with Crippen molar-refractivity contribution < 1.29 is 19.1 Å². The van der Waals surface area contributed by atoms with Gasteiger partial charge in [0.2, 0.25) is 0 Å². The molecule has 1 unspecified atom stereocenters. The maximum Gasteiger partial charge on any atom is 0.306 e. The Morgan fingerprint density at radius 3 is 2.14 bits per heavy atom. The molecule has 1 atom stereocenters. The van der Waals surface area contributed by atoms with Crippen LogP contribution in [0, 0.1) is 11.8 Å². The number of ether oxygens (including phenoxy) is 2. The SMILES string of the molecule is CCOC(=O)CCC(=O)OCCC(C)CC(C)=CC(C)C. The molecule has 0 aliphatic rings. The van der Waals surface area contributed by atoms with Crippen molar-refractivity contribution in [1.82, 2.24) is 0 Å². The normalized spacial score (nSPS) is 13.1. The number of hydrogen-bond acceptors (Lipinski definition) is 4. The summed E-state index contributed by atoms with van der Waals surface area (Å²) in [5, 5.41) is 0. The lowest BCUT2D eigenvalue weighted by molar-refractivity contribution is -0.150. The predicted molar refractivity (Wildman–Crippen MR) is 83.8 cm³/mol. The number of esters is 2. The first-order valence-electron chi connectivity index (χ1n) is 7.83. The zero-order valence-electron chi connectivity index (χ0n) is 14.1. The van der Waals surface area contributed by atoms with Gasteiger partial charge in [-0.05, 0) is 38.5 Å². The van der Waals surface area contributed by atoms with Crippen LogP contribution in [-0.4, -0.2) is 25.2 Å². The fourth-order valence-electron chi connectivity index (χ4n) is 2.17. The van der Waals surface area contributed by atoms with Crippen LogP contribution in [0.2, 0.25) is 0 Å². The van der Waals surface area contributed by atoms with E-state index in [1.807, 2.05) is 0 Å². The van der Waals surface area contributed by atoms with Gasteiger partial charge in [0.15, 0.2) is 0 Å². The maximum atomic E-state index is 11.5. The Hall–Kier alpha value is -1.32. The van der Waals surface area contributed by atoms with Gasteiger partial charge in [-0.3, -0.25) is 9.59 Å². The van der Waals surface area contributed by atoms with E-state index in [-0.39, 0.29) is 24.8 Å². The summed E-state index contributed by atoms with van der Waals surface area (Å²) in [6, 6.07) is 0. The monoisotopic (exact) mass is 298 g/mol. The second-order valence-corrected chi connectivity index (χ2v) is 5.88. The van der Waals surface area contributed by atoms with Crippen molar-refractivity contribution in [2.75, 3.05) is 13.2 Å². The smallest absolute Gasteiger partial charge is 0.306 e. The molecule has 0 spiro atoms. The lowest BCUT2D eigenvalue weighted by Gasteiger charge is -2.12. The minimum absolute atomic E-state index is 0.0957. The van der Waals surface area contributed by atoms with E-state index in [1.54, 1.807) is 6.92 Å². The third kappa shape index (κ3) is 12.2. The van der Waals surface area contributed by atoms with Crippen LogP contribution in [0.5, 0.6) is 0 Å². The van der Waals surface area contributed by atoms with E-state index in [4.69, 9.17) is 9.47 Å². The van der Waals surface area contributed by atoms with E-state index in [2.05, 4.69) is 33.8 Å². The summed E-state index contributed by atoms with van der Waals surface area (Å²) >= 11 is 0.